The summed E-state index contributed by atoms with van der Waals surface area (Å²) >= 11 is 0. The van der Waals surface area contributed by atoms with E-state index in [1.165, 1.54) is 51.9 Å². The zero-order chi connectivity index (χ0) is 13.1. The number of aryl methyl sites for hydroxylation is 1. The summed E-state index contributed by atoms with van der Waals surface area (Å²) in [6, 6.07) is 17.6. The highest BCUT2D eigenvalue weighted by Gasteiger charge is 2.31. The molecule has 2 nitrogen and oxygen atoms in total. The summed E-state index contributed by atoms with van der Waals surface area (Å²) in [5.41, 5.74) is 6.67. The van der Waals surface area contributed by atoms with Crippen molar-refractivity contribution < 1.29 is 17.0 Å². The smallest absolute Gasteiger partial charge is 0.224 e. The Hall–Kier alpha value is -2.06. The SMILES string of the molecule is [Cl-].c1ccc2c(c1)Nc1cccc3cc4[n+](c-2c13)CCC4. The van der Waals surface area contributed by atoms with Gasteiger partial charge < -0.3 is 17.7 Å². The molecule has 0 fully saturated rings. The molecule has 0 radical (unpaired) electrons. The van der Waals surface area contributed by atoms with E-state index in [1.807, 2.05) is 0 Å². The molecular formula is C18H15ClN2. The minimum absolute atomic E-state index is 0. The number of hydrogen-bond donors (Lipinski definition) is 1. The highest BCUT2D eigenvalue weighted by Crippen LogP contribution is 2.42. The number of nitrogens with one attached hydrogen (secondary N) is 1. The van der Waals surface area contributed by atoms with Crippen molar-refractivity contribution >= 4 is 22.1 Å². The number of halogens is 1. The topological polar surface area (TPSA) is 15.9 Å². The molecule has 0 atom stereocenters. The Kier molecular flexibility index (Phi) is 2.69. The first-order chi connectivity index (χ1) is 9.92. The summed E-state index contributed by atoms with van der Waals surface area (Å²) in [6.07, 6.45) is 2.46. The average molecular weight is 295 g/mol. The molecule has 0 bridgehead atoms. The number of rotatable bonds is 0. The van der Waals surface area contributed by atoms with Gasteiger partial charge in [-0.15, -0.1) is 0 Å². The van der Waals surface area contributed by atoms with Crippen LogP contribution in [-0.4, -0.2) is 0 Å². The first-order valence-corrected chi connectivity index (χ1v) is 7.27. The molecule has 0 saturated carbocycles. The highest BCUT2D eigenvalue weighted by molar-refractivity contribution is 6.08. The lowest BCUT2D eigenvalue weighted by Crippen LogP contribution is -3.00. The predicted octanol–water partition coefficient (Wildman–Crippen LogP) is 0.801. The molecule has 0 spiro atoms. The molecule has 2 aliphatic rings. The average Bonchev–Trinajstić information content (AvgIpc) is 2.95. The number of nitrogens with zero attached hydrogens (tertiary/aromatic N) is 1. The monoisotopic (exact) mass is 294 g/mol. The molecule has 21 heavy (non-hydrogen) atoms. The molecule has 0 unspecified atom stereocenters. The van der Waals surface area contributed by atoms with Crippen LogP contribution >= 0.6 is 0 Å². The molecule has 3 heterocycles. The molecule has 5 rings (SSSR count). The van der Waals surface area contributed by atoms with Crippen LogP contribution in [0.5, 0.6) is 0 Å². The molecule has 104 valence electrons. The molecule has 0 aliphatic carbocycles. The van der Waals surface area contributed by atoms with Crippen molar-refractivity contribution in [1.29, 1.82) is 0 Å². The first-order valence-electron chi connectivity index (χ1n) is 7.27. The lowest BCUT2D eigenvalue weighted by atomic mass is 9.96. The maximum Gasteiger partial charge on any atom is 0.224 e. The molecule has 1 aromatic heterocycles. The van der Waals surface area contributed by atoms with Gasteiger partial charge in [-0.2, -0.15) is 4.57 Å². The molecule has 0 saturated heterocycles. The summed E-state index contributed by atoms with van der Waals surface area (Å²) in [6.45, 7) is 1.14. The molecule has 3 heteroatoms. The molecule has 3 aromatic rings. The number of pyridine rings is 1. The maximum absolute atomic E-state index is 3.58. The Labute approximate surface area is 129 Å². The number of benzene rings is 2. The first kappa shape index (κ1) is 12.7. The number of aromatic nitrogens is 1. The fraction of sp³-hybridized carbons (Fsp3) is 0.167. The Balaban J connectivity index is 0.00000115. The summed E-state index contributed by atoms with van der Waals surface area (Å²) in [4.78, 5) is 0. The zero-order valence-electron chi connectivity index (χ0n) is 11.6. The van der Waals surface area contributed by atoms with Crippen molar-refractivity contribution in [3.8, 4) is 11.3 Å². The van der Waals surface area contributed by atoms with Crippen LogP contribution in [0.1, 0.15) is 12.1 Å². The standard InChI is InChI=1S/C18H14N2.ClH/c1-2-8-15-14(7-1)18-17-12(5-3-9-16(17)19-15)11-13-6-4-10-20(13)18;/h1-3,5,7-9,11H,4,6,10H2;1H. The van der Waals surface area contributed by atoms with Crippen molar-refractivity contribution in [1.82, 2.24) is 0 Å². The van der Waals surface area contributed by atoms with E-state index < -0.39 is 0 Å². The second-order valence-corrected chi connectivity index (χ2v) is 5.68. The van der Waals surface area contributed by atoms with Gasteiger partial charge in [-0.1, -0.05) is 24.3 Å². The normalized spacial score (nSPS) is 14.1. The van der Waals surface area contributed by atoms with Crippen LogP contribution in [0.15, 0.2) is 48.5 Å². The fourth-order valence-corrected chi connectivity index (χ4v) is 3.70. The van der Waals surface area contributed by atoms with Gasteiger partial charge in [0.25, 0.3) is 0 Å². The third-order valence-electron chi connectivity index (χ3n) is 4.54. The van der Waals surface area contributed by atoms with Gasteiger partial charge >= 0.3 is 0 Å². The Morgan fingerprint density at radius 2 is 1.81 bits per heavy atom. The second-order valence-electron chi connectivity index (χ2n) is 5.68. The number of para-hydroxylation sites is 1. The van der Waals surface area contributed by atoms with Crippen molar-refractivity contribution in [2.24, 2.45) is 0 Å². The van der Waals surface area contributed by atoms with Gasteiger partial charge in [0, 0.05) is 18.9 Å². The lowest BCUT2D eigenvalue weighted by molar-refractivity contribution is -0.678. The zero-order valence-corrected chi connectivity index (χ0v) is 12.3. The van der Waals surface area contributed by atoms with E-state index in [-0.39, 0.29) is 12.4 Å². The largest absolute Gasteiger partial charge is 1.00 e. The van der Waals surface area contributed by atoms with Crippen LogP contribution in [0.3, 0.4) is 0 Å². The van der Waals surface area contributed by atoms with Gasteiger partial charge in [0.05, 0.1) is 22.3 Å². The van der Waals surface area contributed by atoms with Crippen LogP contribution in [0.4, 0.5) is 11.4 Å². The van der Waals surface area contributed by atoms with Crippen LogP contribution in [-0.2, 0) is 13.0 Å². The predicted molar refractivity (Wildman–Crippen MR) is 81.2 cm³/mol. The van der Waals surface area contributed by atoms with E-state index in [0.29, 0.717) is 0 Å². The van der Waals surface area contributed by atoms with Crippen LogP contribution in [0, 0.1) is 0 Å². The third-order valence-corrected chi connectivity index (χ3v) is 4.54. The van der Waals surface area contributed by atoms with Crippen molar-refractivity contribution in [3.63, 3.8) is 0 Å². The highest BCUT2D eigenvalue weighted by atomic mass is 35.5. The van der Waals surface area contributed by atoms with Crippen molar-refractivity contribution in [3.05, 3.63) is 54.2 Å². The van der Waals surface area contributed by atoms with Crippen molar-refractivity contribution in [2.75, 3.05) is 5.32 Å². The minimum atomic E-state index is 0. The molecule has 0 amide bonds. The third kappa shape index (κ3) is 1.63. The van der Waals surface area contributed by atoms with E-state index in [4.69, 9.17) is 0 Å². The van der Waals surface area contributed by atoms with E-state index >= 15 is 0 Å². The summed E-state index contributed by atoms with van der Waals surface area (Å²) in [5, 5.41) is 6.31. The van der Waals surface area contributed by atoms with Gasteiger partial charge in [0.2, 0.25) is 5.69 Å². The van der Waals surface area contributed by atoms with Crippen LogP contribution < -0.4 is 22.3 Å². The van der Waals surface area contributed by atoms with Gasteiger partial charge in [-0.05, 0) is 23.6 Å². The van der Waals surface area contributed by atoms with E-state index in [9.17, 15) is 0 Å². The molecule has 2 aromatic carbocycles. The van der Waals surface area contributed by atoms with Crippen LogP contribution in [0.25, 0.3) is 22.0 Å². The number of hydrogen-bond acceptors (Lipinski definition) is 1. The van der Waals surface area contributed by atoms with Crippen LogP contribution in [0.2, 0.25) is 0 Å². The van der Waals surface area contributed by atoms with Gasteiger partial charge in [0.1, 0.15) is 6.54 Å². The second kappa shape index (κ2) is 4.47. The van der Waals surface area contributed by atoms with Gasteiger partial charge in [-0.3, -0.25) is 0 Å². The van der Waals surface area contributed by atoms with Crippen molar-refractivity contribution in [2.45, 2.75) is 19.4 Å². The van der Waals surface area contributed by atoms with E-state index in [2.05, 4.69) is 58.4 Å². The maximum atomic E-state index is 3.58. The van der Waals surface area contributed by atoms with E-state index in [0.717, 1.165) is 6.54 Å². The van der Waals surface area contributed by atoms with Gasteiger partial charge in [0.15, 0.2) is 5.69 Å². The summed E-state index contributed by atoms with van der Waals surface area (Å²) in [5.74, 6) is 0. The Morgan fingerprint density at radius 1 is 0.952 bits per heavy atom. The Bertz CT molecular complexity index is 870. The fourth-order valence-electron chi connectivity index (χ4n) is 3.70. The molecule has 1 N–H and O–H groups in total. The molecule has 2 aliphatic heterocycles. The number of anilines is 2. The molecular weight excluding hydrogens is 280 g/mol. The quantitative estimate of drug-likeness (QED) is 0.475. The summed E-state index contributed by atoms with van der Waals surface area (Å²) in [7, 11) is 0. The lowest BCUT2D eigenvalue weighted by Gasteiger charge is -2.20. The Morgan fingerprint density at radius 3 is 2.76 bits per heavy atom. The minimum Gasteiger partial charge on any atom is -1.00 e. The van der Waals surface area contributed by atoms with Gasteiger partial charge in [-0.25, -0.2) is 0 Å². The van der Waals surface area contributed by atoms with E-state index in [1.54, 1.807) is 0 Å². The number of fused-ring (bicyclic) bond motifs is 4. The summed E-state index contributed by atoms with van der Waals surface area (Å²) < 4.78 is 2.52.